The number of nitrogens with zero attached hydrogens (tertiary/aromatic N) is 1. The van der Waals surface area contributed by atoms with Crippen molar-refractivity contribution < 1.29 is 4.79 Å². The van der Waals surface area contributed by atoms with Crippen molar-refractivity contribution in [2.24, 2.45) is 5.10 Å². The van der Waals surface area contributed by atoms with Crippen molar-refractivity contribution in [3.8, 4) is 0 Å². The lowest BCUT2D eigenvalue weighted by Crippen LogP contribution is -2.25. The second-order valence-corrected chi connectivity index (χ2v) is 4.96. The summed E-state index contributed by atoms with van der Waals surface area (Å²) in [5.41, 5.74) is 3.85. The Morgan fingerprint density at radius 3 is 2.43 bits per heavy atom. The molecule has 0 spiro atoms. The molecule has 6 heteroatoms. The van der Waals surface area contributed by atoms with Crippen LogP contribution in [0, 0.1) is 0 Å². The monoisotopic (exact) mass is 321 g/mol. The lowest BCUT2D eigenvalue weighted by molar-refractivity contribution is -0.119. The van der Waals surface area contributed by atoms with Gasteiger partial charge in [0.1, 0.15) is 0 Å². The summed E-state index contributed by atoms with van der Waals surface area (Å²) in [5, 5.41) is 7.92. The highest BCUT2D eigenvalue weighted by atomic mass is 35.5. The van der Waals surface area contributed by atoms with Crippen LogP contribution in [0.4, 0.5) is 5.69 Å². The summed E-state index contributed by atoms with van der Waals surface area (Å²) >= 11 is 11.9. The summed E-state index contributed by atoms with van der Waals surface area (Å²) in [6.45, 7) is 0.0730. The van der Waals surface area contributed by atoms with Gasteiger partial charge in [-0.15, -0.1) is 0 Å². The molecule has 0 bridgehead atoms. The first-order valence-electron chi connectivity index (χ1n) is 6.21. The second kappa shape index (κ2) is 7.67. The highest BCUT2D eigenvalue weighted by Gasteiger charge is 2.02. The molecule has 2 rings (SSSR count). The predicted molar refractivity (Wildman–Crippen MR) is 87.1 cm³/mol. The molecule has 0 aromatic heterocycles. The van der Waals surface area contributed by atoms with Crippen molar-refractivity contribution in [1.29, 1.82) is 0 Å². The number of hydrogen-bond acceptors (Lipinski definition) is 3. The van der Waals surface area contributed by atoms with Gasteiger partial charge in [-0.25, -0.2) is 5.43 Å². The van der Waals surface area contributed by atoms with Crippen LogP contribution in [0.2, 0.25) is 10.0 Å². The van der Waals surface area contributed by atoms with E-state index >= 15 is 0 Å². The fourth-order valence-electron chi connectivity index (χ4n) is 1.57. The van der Waals surface area contributed by atoms with Crippen molar-refractivity contribution in [1.82, 2.24) is 5.43 Å². The lowest BCUT2D eigenvalue weighted by atomic mass is 10.2. The Kier molecular flexibility index (Phi) is 5.60. The van der Waals surface area contributed by atoms with E-state index in [1.807, 2.05) is 24.3 Å². The van der Waals surface area contributed by atoms with Gasteiger partial charge in [-0.05, 0) is 18.2 Å². The summed E-state index contributed by atoms with van der Waals surface area (Å²) in [7, 11) is 0. The second-order valence-electron chi connectivity index (χ2n) is 4.15. The zero-order valence-corrected chi connectivity index (χ0v) is 12.5. The van der Waals surface area contributed by atoms with E-state index in [1.54, 1.807) is 24.3 Å². The normalized spacial score (nSPS) is 10.6. The fraction of sp³-hybridized carbons (Fsp3) is 0.0667. The average molecular weight is 322 g/mol. The zero-order chi connectivity index (χ0) is 15.1. The summed E-state index contributed by atoms with van der Waals surface area (Å²) in [6, 6.07) is 14.4. The molecule has 2 N–H and O–H groups in total. The number of amides is 1. The third-order valence-corrected chi connectivity index (χ3v) is 3.29. The average Bonchev–Trinajstić information content (AvgIpc) is 2.48. The molecule has 0 fully saturated rings. The van der Waals surface area contributed by atoms with E-state index in [-0.39, 0.29) is 12.5 Å². The highest BCUT2D eigenvalue weighted by molar-refractivity contribution is 6.33. The first-order chi connectivity index (χ1) is 10.2. The molecule has 0 atom stereocenters. The van der Waals surface area contributed by atoms with Gasteiger partial charge >= 0.3 is 0 Å². The number of carbonyl (C=O) groups is 1. The summed E-state index contributed by atoms with van der Waals surface area (Å²) in [5.74, 6) is -0.279. The van der Waals surface area contributed by atoms with Gasteiger partial charge in [-0.3, -0.25) is 4.79 Å². The number of anilines is 1. The number of hydrazone groups is 1. The van der Waals surface area contributed by atoms with Crippen LogP contribution in [0.25, 0.3) is 0 Å². The van der Waals surface area contributed by atoms with E-state index in [9.17, 15) is 4.79 Å². The molecular formula is C15H13Cl2N3O. The maximum absolute atomic E-state index is 11.6. The molecule has 21 heavy (non-hydrogen) atoms. The van der Waals surface area contributed by atoms with E-state index < -0.39 is 0 Å². The van der Waals surface area contributed by atoms with E-state index in [4.69, 9.17) is 23.2 Å². The van der Waals surface area contributed by atoms with Gasteiger partial charge in [-0.2, -0.15) is 5.10 Å². The molecule has 2 aromatic carbocycles. The van der Waals surface area contributed by atoms with E-state index in [0.717, 1.165) is 5.56 Å². The molecule has 0 radical (unpaired) electrons. The Bertz CT molecular complexity index is 659. The number of halogens is 2. The molecule has 2 aromatic rings. The van der Waals surface area contributed by atoms with Crippen LogP contribution in [-0.4, -0.2) is 18.7 Å². The van der Waals surface area contributed by atoms with E-state index in [2.05, 4.69) is 15.8 Å². The Hall–Kier alpha value is -2.04. The molecular weight excluding hydrogens is 309 g/mol. The largest absolute Gasteiger partial charge is 0.375 e. The van der Waals surface area contributed by atoms with Crippen LogP contribution < -0.4 is 10.7 Å². The molecule has 0 heterocycles. The first-order valence-corrected chi connectivity index (χ1v) is 6.97. The zero-order valence-electron chi connectivity index (χ0n) is 11.0. The molecule has 0 saturated carbocycles. The van der Waals surface area contributed by atoms with Gasteiger partial charge in [0.2, 0.25) is 0 Å². The van der Waals surface area contributed by atoms with Crippen LogP contribution in [0.5, 0.6) is 0 Å². The molecule has 0 saturated heterocycles. The highest BCUT2D eigenvalue weighted by Crippen LogP contribution is 2.19. The number of rotatable bonds is 5. The van der Waals surface area contributed by atoms with E-state index in [0.29, 0.717) is 15.7 Å². The minimum absolute atomic E-state index is 0.0730. The summed E-state index contributed by atoms with van der Waals surface area (Å²) in [4.78, 5) is 11.6. The molecule has 0 aliphatic heterocycles. The SMILES string of the molecule is O=C(CNc1ccccc1Cl)N/N=C/c1ccccc1Cl. The molecule has 1 amide bonds. The third kappa shape index (κ3) is 4.77. The fourth-order valence-corrected chi connectivity index (χ4v) is 1.96. The Balaban J connectivity index is 1.83. The third-order valence-electron chi connectivity index (χ3n) is 2.61. The lowest BCUT2D eigenvalue weighted by Gasteiger charge is -2.06. The van der Waals surface area contributed by atoms with Gasteiger partial charge in [0, 0.05) is 10.6 Å². The first kappa shape index (κ1) is 15.4. The number of benzene rings is 2. The Morgan fingerprint density at radius 2 is 1.71 bits per heavy atom. The van der Waals surface area contributed by atoms with Gasteiger partial charge in [-0.1, -0.05) is 53.5 Å². The molecule has 0 unspecified atom stereocenters. The Labute approximate surface area is 132 Å². The van der Waals surface area contributed by atoms with Crippen molar-refractivity contribution in [3.63, 3.8) is 0 Å². The number of hydrogen-bond donors (Lipinski definition) is 2. The topological polar surface area (TPSA) is 53.5 Å². The quantitative estimate of drug-likeness (QED) is 0.653. The number of nitrogens with one attached hydrogen (secondary N) is 2. The minimum Gasteiger partial charge on any atom is -0.375 e. The van der Waals surface area contributed by atoms with Gasteiger partial charge < -0.3 is 5.32 Å². The Morgan fingerprint density at radius 1 is 1.05 bits per heavy atom. The van der Waals surface area contributed by atoms with Crippen molar-refractivity contribution >= 4 is 41.0 Å². The smallest absolute Gasteiger partial charge is 0.259 e. The summed E-state index contributed by atoms with van der Waals surface area (Å²) < 4.78 is 0. The van der Waals surface area contributed by atoms with Gasteiger partial charge in [0.15, 0.2) is 0 Å². The van der Waals surface area contributed by atoms with Crippen molar-refractivity contribution in [2.45, 2.75) is 0 Å². The maximum Gasteiger partial charge on any atom is 0.259 e. The van der Waals surface area contributed by atoms with Crippen LogP contribution >= 0.6 is 23.2 Å². The van der Waals surface area contributed by atoms with Crippen molar-refractivity contribution in [3.05, 3.63) is 64.1 Å². The van der Waals surface area contributed by atoms with Crippen LogP contribution in [0.15, 0.2) is 53.6 Å². The number of para-hydroxylation sites is 1. The predicted octanol–water partition coefficient (Wildman–Crippen LogP) is 3.56. The standard InChI is InChI=1S/C15H13Cl2N3O/c16-12-6-2-1-5-11(12)9-19-20-15(21)10-18-14-8-4-3-7-13(14)17/h1-9,18H,10H2,(H,20,21)/b19-9+. The molecule has 0 aliphatic rings. The minimum atomic E-state index is -0.279. The molecule has 0 aliphatic carbocycles. The van der Waals surface area contributed by atoms with E-state index in [1.165, 1.54) is 6.21 Å². The number of carbonyl (C=O) groups excluding carboxylic acids is 1. The molecule has 4 nitrogen and oxygen atoms in total. The summed E-state index contributed by atoms with van der Waals surface area (Å²) in [6.07, 6.45) is 1.50. The molecule has 108 valence electrons. The van der Waals surface area contributed by atoms with Crippen molar-refractivity contribution in [2.75, 3.05) is 11.9 Å². The van der Waals surface area contributed by atoms with Gasteiger partial charge in [0.25, 0.3) is 5.91 Å². The van der Waals surface area contributed by atoms with Crippen LogP contribution in [0.3, 0.4) is 0 Å². The van der Waals surface area contributed by atoms with Crippen LogP contribution in [-0.2, 0) is 4.79 Å². The maximum atomic E-state index is 11.6. The van der Waals surface area contributed by atoms with Gasteiger partial charge in [0.05, 0.1) is 23.5 Å². The van der Waals surface area contributed by atoms with Crippen LogP contribution in [0.1, 0.15) is 5.56 Å².